The Balaban J connectivity index is 1.59. The molecule has 0 spiro atoms. The molecule has 10 heteroatoms. The summed E-state index contributed by atoms with van der Waals surface area (Å²) in [6.07, 6.45) is -2.44. The van der Waals surface area contributed by atoms with Gasteiger partial charge < -0.3 is 14.2 Å². The molecule has 7 nitrogen and oxygen atoms in total. The van der Waals surface area contributed by atoms with Crippen LogP contribution in [0.3, 0.4) is 0 Å². The van der Waals surface area contributed by atoms with Gasteiger partial charge in [-0.3, -0.25) is 14.5 Å². The fourth-order valence-corrected chi connectivity index (χ4v) is 3.12. The van der Waals surface area contributed by atoms with Crippen LogP contribution in [-0.4, -0.2) is 70.9 Å². The standard InChI is InChI=1S/C15H16F3N3O4/c16-15(17,18)9-21-12(22)8-20(14(21)24)10-3-5-19(6-4-10)13(23)11-2-1-7-25-11/h1-2,7,10H,3-6,8-9H2. The summed E-state index contributed by atoms with van der Waals surface area (Å²) < 4.78 is 42.5. The monoisotopic (exact) mass is 359 g/mol. The van der Waals surface area contributed by atoms with Crippen LogP contribution in [0.1, 0.15) is 23.4 Å². The third kappa shape index (κ3) is 3.62. The van der Waals surface area contributed by atoms with Gasteiger partial charge in [0, 0.05) is 19.1 Å². The molecule has 3 heterocycles. The first-order valence-corrected chi connectivity index (χ1v) is 7.77. The van der Waals surface area contributed by atoms with E-state index in [-0.39, 0.29) is 29.2 Å². The molecule has 0 unspecified atom stereocenters. The molecule has 0 aromatic carbocycles. The van der Waals surface area contributed by atoms with E-state index in [1.807, 2.05) is 0 Å². The average molecular weight is 359 g/mol. The predicted octanol–water partition coefficient (Wildman–Crippen LogP) is 1.71. The second-order valence-electron chi connectivity index (χ2n) is 6.01. The van der Waals surface area contributed by atoms with Gasteiger partial charge in [-0.05, 0) is 25.0 Å². The number of amides is 4. The summed E-state index contributed by atoms with van der Waals surface area (Å²) in [6, 6.07) is 1.86. The van der Waals surface area contributed by atoms with Crippen LogP contribution in [0.25, 0.3) is 0 Å². The Morgan fingerprint density at radius 3 is 2.48 bits per heavy atom. The number of rotatable bonds is 3. The fraction of sp³-hybridized carbons (Fsp3) is 0.533. The average Bonchev–Trinajstić information content (AvgIpc) is 3.18. The molecule has 3 rings (SSSR count). The molecule has 0 aliphatic carbocycles. The van der Waals surface area contributed by atoms with Crippen molar-refractivity contribution < 1.29 is 32.0 Å². The van der Waals surface area contributed by atoms with Gasteiger partial charge in [0.1, 0.15) is 13.1 Å². The van der Waals surface area contributed by atoms with E-state index in [4.69, 9.17) is 4.42 Å². The maximum Gasteiger partial charge on any atom is 0.406 e. The zero-order valence-corrected chi connectivity index (χ0v) is 13.2. The van der Waals surface area contributed by atoms with Crippen molar-refractivity contribution >= 4 is 17.8 Å². The number of halogens is 3. The minimum absolute atomic E-state index is 0.210. The van der Waals surface area contributed by atoms with E-state index < -0.39 is 24.7 Å². The van der Waals surface area contributed by atoms with E-state index in [0.717, 1.165) is 0 Å². The van der Waals surface area contributed by atoms with E-state index in [0.29, 0.717) is 25.9 Å². The number of alkyl halides is 3. The first kappa shape index (κ1) is 17.3. The lowest BCUT2D eigenvalue weighted by Crippen LogP contribution is -2.48. The maximum absolute atomic E-state index is 12.5. The van der Waals surface area contributed by atoms with Crippen LogP contribution in [0.4, 0.5) is 18.0 Å². The first-order valence-electron chi connectivity index (χ1n) is 7.77. The van der Waals surface area contributed by atoms with Gasteiger partial charge in [-0.15, -0.1) is 0 Å². The molecule has 2 saturated heterocycles. The van der Waals surface area contributed by atoms with Crippen molar-refractivity contribution in [2.75, 3.05) is 26.2 Å². The van der Waals surface area contributed by atoms with Crippen LogP contribution < -0.4 is 0 Å². The Bertz CT molecular complexity index is 666. The van der Waals surface area contributed by atoms with Gasteiger partial charge >= 0.3 is 12.2 Å². The smallest absolute Gasteiger partial charge is 0.406 e. The number of imide groups is 1. The number of carbonyl (C=O) groups is 3. The molecule has 4 amide bonds. The summed E-state index contributed by atoms with van der Waals surface area (Å²) in [5.41, 5.74) is 0. The van der Waals surface area contributed by atoms with Crippen LogP contribution >= 0.6 is 0 Å². The minimum Gasteiger partial charge on any atom is -0.459 e. The normalized spacial score (nSPS) is 19.9. The summed E-state index contributed by atoms with van der Waals surface area (Å²) in [4.78, 5) is 39.0. The first-order chi connectivity index (χ1) is 11.8. The maximum atomic E-state index is 12.5. The topological polar surface area (TPSA) is 74.1 Å². The van der Waals surface area contributed by atoms with E-state index in [2.05, 4.69) is 0 Å². The van der Waals surface area contributed by atoms with Crippen molar-refractivity contribution in [2.24, 2.45) is 0 Å². The van der Waals surface area contributed by atoms with Crippen molar-refractivity contribution in [3.05, 3.63) is 24.2 Å². The number of nitrogens with zero attached hydrogens (tertiary/aromatic N) is 3. The molecule has 1 aromatic rings. The Hall–Kier alpha value is -2.52. The van der Waals surface area contributed by atoms with Gasteiger partial charge in [0.05, 0.1) is 6.26 Å². The van der Waals surface area contributed by atoms with Crippen LogP contribution in [-0.2, 0) is 4.79 Å². The number of urea groups is 1. The lowest BCUT2D eigenvalue weighted by atomic mass is 10.0. The summed E-state index contributed by atoms with van der Waals surface area (Å²) in [7, 11) is 0. The number of likely N-dealkylation sites (tertiary alicyclic amines) is 1. The highest BCUT2D eigenvalue weighted by atomic mass is 19.4. The number of hydrogen-bond donors (Lipinski definition) is 0. The second kappa shape index (κ2) is 6.41. The predicted molar refractivity (Wildman–Crippen MR) is 77.5 cm³/mol. The Labute approximate surface area is 140 Å². The van der Waals surface area contributed by atoms with Crippen molar-refractivity contribution in [3.8, 4) is 0 Å². The second-order valence-corrected chi connectivity index (χ2v) is 6.01. The van der Waals surface area contributed by atoms with Crippen LogP contribution in [0.15, 0.2) is 22.8 Å². The lowest BCUT2D eigenvalue weighted by Gasteiger charge is -2.35. The Morgan fingerprint density at radius 2 is 1.92 bits per heavy atom. The third-order valence-corrected chi connectivity index (χ3v) is 4.35. The van der Waals surface area contributed by atoms with E-state index in [1.54, 1.807) is 17.0 Å². The Kier molecular flexibility index (Phi) is 4.44. The van der Waals surface area contributed by atoms with Gasteiger partial charge in [0.15, 0.2) is 5.76 Å². The summed E-state index contributed by atoms with van der Waals surface area (Å²) in [5, 5.41) is 0. The molecule has 0 N–H and O–H groups in total. The zero-order chi connectivity index (χ0) is 18.2. The van der Waals surface area contributed by atoms with Gasteiger partial charge in [0.25, 0.3) is 11.8 Å². The molecule has 0 radical (unpaired) electrons. The summed E-state index contributed by atoms with van der Waals surface area (Å²) in [5.74, 6) is -0.912. The van der Waals surface area contributed by atoms with Crippen LogP contribution in [0.2, 0.25) is 0 Å². The third-order valence-electron chi connectivity index (χ3n) is 4.35. The quantitative estimate of drug-likeness (QED) is 0.770. The molecule has 25 heavy (non-hydrogen) atoms. The lowest BCUT2D eigenvalue weighted by molar-refractivity contribution is -0.151. The van der Waals surface area contributed by atoms with Crippen molar-refractivity contribution in [1.82, 2.24) is 14.7 Å². The molecule has 2 fully saturated rings. The van der Waals surface area contributed by atoms with E-state index >= 15 is 0 Å². The van der Waals surface area contributed by atoms with E-state index in [1.165, 1.54) is 11.2 Å². The number of hydrogen-bond acceptors (Lipinski definition) is 4. The highest BCUT2D eigenvalue weighted by molar-refractivity contribution is 6.02. The van der Waals surface area contributed by atoms with Crippen LogP contribution in [0.5, 0.6) is 0 Å². The van der Waals surface area contributed by atoms with E-state index in [9.17, 15) is 27.6 Å². The van der Waals surface area contributed by atoms with Gasteiger partial charge in [-0.2, -0.15) is 13.2 Å². The summed E-state index contributed by atoms with van der Waals surface area (Å²) >= 11 is 0. The molecular weight excluding hydrogens is 343 g/mol. The molecular formula is C15H16F3N3O4. The molecule has 2 aliphatic heterocycles. The molecule has 0 saturated carbocycles. The molecule has 136 valence electrons. The highest BCUT2D eigenvalue weighted by Gasteiger charge is 2.45. The van der Waals surface area contributed by atoms with Crippen molar-refractivity contribution in [1.29, 1.82) is 0 Å². The largest absolute Gasteiger partial charge is 0.459 e. The summed E-state index contributed by atoms with van der Waals surface area (Å²) in [6.45, 7) is -1.26. The van der Waals surface area contributed by atoms with Crippen molar-refractivity contribution in [3.63, 3.8) is 0 Å². The molecule has 2 aliphatic rings. The number of piperidine rings is 1. The van der Waals surface area contributed by atoms with Crippen molar-refractivity contribution in [2.45, 2.75) is 25.1 Å². The molecule has 0 bridgehead atoms. The van der Waals surface area contributed by atoms with Crippen LogP contribution in [0, 0.1) is 0 Å². The highest BCUT2D eigenvalue weighted by Crippen LogP contribution is 2.26. The Morgan fingerprint density at radius 1 is 1.24 bits per heavy atom. The zero-order valence-electron chi connectivity index (χ0n) is 13.2. The SMILES string of the molecule is O=C(c1ccco1)N1CCC(N2CC(=O)N(CC(F)(F)F)C2=O)CC1. The number of furan rings is 1. The molecule has 0 atom stereocenters. The van der Waals surface area contributed by atoms with Gasteiger partial charge in [-0.25, -0.2) is 4.79 Å². The minimum atomic E-state index is -4.62. The molecule has 1 aromatic heterocycles. The van der Waals surface area contributed by atoms with Gasteiger partial charge in [-0.1, -0.05) is 0 Å². The fourth-order valence-electron chi connectivity index (χ4n) is 3.12. The van der Waals surface area contributed by atoms with Gasteiger partial charge in [0.2, 0.25) is 0 Å². The number of carbonyl (C=O) groups excluding carboxylic acids is 3.